The van der Waals surface area contributed by atoms with Crippen molar-refractivity contribution in [3.63, 3.8) is 0 Å². The van der Waals surface area contributed by atoms with E-state index in [0.29, 0.717) is 0 Å². The molecule has 0 aliphatic carbocycles. The lowest BCUT2D eigenvalue weighted by atomic mass is 10.1. The van der Waals surface area contributed by atoms with Crippen LogP contribution >= 0.6 is 0 Å². The molecule has 1 unspecified atom stereocenters. The van der Waals surface area contributed by atoms with Crippen LogP contribution in [0.15, 0.2) is 18.2 Å². The summed E-state index contributed by atoms with van der Waals surface area (Å²) in [6, 6.07) is 5.87. The fraction of sp³-hybridized carbons (Fsp3) is 0.500. The molecule has 0 bridgehead atoms. The second kappa shape index (κ2) is 6.72. The number of likely N-dealkylation sites (tertiary alicyclic amines) is 1. The number of carbonyl (C=O) groups is 2. The average molecular weight is 290 g/mol. The van der Waals surface area contributed by atoms with Gasteiger partial charge in [-0.25, -0.2) is 0 Å². The van der Waals surface area contributed by atoms with Gasteiger partial charge in [0.05, 0.1) is 13.0 Å². The van der Waals surface area contributed by atoms with Crippen molar-refractivity contribution in [1.29, 1.82) is 0 Å². The van der Waals surface area contributed by atoms with Crippen molar-refractivity contribution in [2.45, 2.75) is 39.2 Å². The number of carboxylic acids is 1. The summed E-state index contributed by atoms with van der Waals surface area (Å²) in [4.78, 5) is 24.9. The summed E-state index contributed by atoms with van der Waals surface area (Å²) in [5.41, 5.74) is 3.01. The van der Waals surface area contributed by atoms with E-state index in [1.165, 1.54) is 0 Å². The molecule has 0 spiro atoms. The molecule has 0 aromatic heterocycles. The summed E-state index contributed by atoms with van der Waals surface area (Å²) in [7, 11) is 0. The number of rotatable bonds is 5. The highest BCUT2D eigenvalue weighted by molar-refractivity contribution is 5.93. The van der Waals surface area contributed by atoms with E-state index < -0.39 is 5.97 Å². The second-order valence-corrected chi connectivity index (χ2v) is 5.73. The van der Waals surface area contributed by atoms with E-state index in [-0.39, 0.29) is 24.9 Å². The molecule has 114 valence electrons. The number of aryl methyl sites for hydroxylation is 2. The molecule has 1 aromatic carbocycles. The molecule has 1 aliphatic rings. The van der Waals surface area contributed by atoms with Gasteiger partial charge in [-0.1, -0.05) is 17.7 Å². The molecular formula is C16H22N2O3. The zero-order valence-electron chi connectivity index (χ0n) is 12.6. The largest absolute Gasteiger partial charge is 0.481 e. The van der Waals surface area contributed by atoms with Gasteiger partial charge in [-0.05, 0) is 44.9 Å². The average Bonchev–Trinajstić information content (AvgIpc) is 2.79. The minimum absolute atomic E-state index is 0.0210. The Morgan fingerprint density at radius 1 is 1.38 bits per heavy atom. The fourth-order valence-electron chi connectivity index (χ4n) is 2.86. The van der Waals surface area contributed by atoms with Crippen LogP contribution in [0.5, 0.6) is 0 Å². The Morgan fingerprint density at radius 2 is 2.14 bits per heavy atom. The van der Waals surface area contributed by atoms with Gasteiger partial charge in [0.2, 0.25) is 5.91 Å². The predicted octanol–water partition coefficient (Wildman–Crippen LogP) is 2.18. The lowest BCUT2D eigenvalue weighted by Crippen LogP contribution is -2.37. The van der Waals surface area contributed by atoms with Crippen molar-refractivity contribution in [2.75, 3.05) is 18.4 Å². The summed E-state index contributed by atoms with van der Waals surface area (Å²) in [5.74, 6) is -0.888. The molecule has 1 heterocycles. The molecule has 1 fully saturated rings. The molecule has 0 radical (unpaired) electrons. The standard InChI is InChI=1S/C16H22N2O3/c1-11-5-6-14(12(2)8-11)17-15(19)10-18-7-3-4-13(18)9-16(20)21/h5-6,8,13H,3-4,7,9-10H2,1-2H3,(H,17,19)(H,20,21). The van der Waals surface area contributed by atoms with Crippen LogP contribution in [-0.2, 0) is 9.59 Å². The van der Waals surface area contributed by atoms with E-state index in [1.807, 2.05) is 36.9 Å². The molecule has 21 heavy (non-hydrogen) atoms. The van der Waals surface area contributed by atoms with Gasteiger partial charge in [-0.15, -0.1) is 0 Å². The van der Waals surface area contributed by atoms with Gasteiger partial charge in [0.1, 0.15) is 0 Å². The van der Waals surface area contributed by atoms with Gasteiger partial charge >= 0.3 is 5.97 Å². The van der Waals surface area contributed by atoms with Crippen LogP contribution in [0.2, 0.25) is 0 Å². The van der Waals surface area contributed by atoms with Gasteiger partial charge in [0.15, 0.2) is 0 Å². The number of benzene rings is 1. The Labute approximate surface area is 125 Å². The molecule has 1 amide bonds. The first kappa shape index (κ1) is 15.5. The summed E-state index contributed by atoms with van der Waals surface area (Å²) in [5, 5.41) is 11.8. The van der Waals surface area contributed by atoms with Crippen molar-refractivity contribution in [1.82, 2.24) is 4.90 Å². The van der Waals surface area contributed by atoms with E-state index in [0.717, 1.165) is 36.2 Å². The Bertz CT molecular complexity index is 542. The lowest BCUT2D eigenvalue weighted by Gasteiger charge is -2.22. The van der Waals surface area contributed by atoms with Crippen molar-refractivity contribution >= 4 is 17.6 Å². The number of aliphatic carboxylic acids is 1. The molecule has 2 rings (SSSR count). The lowest BCUT2D eigenvalue weighted by molar-refractivity contribution is -0.138. The van der Waals surface area contributed by atoms with Gasteiger partial charge in [-0.3, -0.25) is 14.5 Å². The number of amides is 1. The number of hydrogen-bond donors (Lipinski definition) is 2. The van der Waals surface area contributed by atoms with Crippen molar-refractivity contribution < 1.29 is 14.7 Å². The third kappa shape index (κ3) is 4.29. The molecular weight excluding hydrogens is 268 g/mol. The SMILES string of the molecule is Cc1ccc(NC(=O)CN2CCCC2CC(=O)O)c(C)c1. The number of hydrogen-bond acceptors (Lipinski definition) is 3. The van der Waals surface area contributed by atoms with Crippen LogP contribution < -0.4 is 5.32 Å². The van der Waals surface area contributed by atoms with E-state index >= 15 is 0 Å². The quantitative estimate of drug-likeness (QED) is 0.872. The van der Waals surface area contributed by atoms with Crippen molar-refractivity contribution in [2.24, 2.45) is 0 Å². The molecule has 2 N–H and O–H groups in total. The molecule has 1 atom stereocenters. The number of nitrogens with zero attached hydrogens (tertiary/aromatic N) is 1. The zero-order valence-corrected chi connectivity index (χ0v) is 12.6. The maximum atomic E-state index is 12.1. The van der Waals surface area contributed by atoms with Gasteiger partial charge in [0.25, 0.3) is 0 Å². The first-order valence-electron chi connectivity index (χ1n) is 7.28. The Balaban J connectivity index is 1.93. The zero-order chi connectivity index (χ0) is 15.4. The highest BCUT2D eigenvalue weighted by Crippen LogP contribution is 2.20. The number of nitrogens with one attached hydrogen (secondary N) is 1. The molecule has 1 aliphatic heterocycles. The van der Waals surface area contributed by atoms with Crippen LogP contribution in [0.3, 0.4) is 0 Å². The number of carboxylic acid groups (broad SMARTS) is 1. The monoisotopic (exact) mass is 290 g/mol. The summed E-state index contributed by atoms with van der Waals surface area (Å²) in [6.45, 7) is 5.02. The van der Waals surface area contributed by atoms with Gasteiger partial charge in [-0.2, -0.15) is 0 Å². The van der Waals surface area contributed by atoms with E-state index in [2.05, 4.69) is 5.32 Å². The third-order valence-electron chi connectivity index (χ3n) is 3.91. The molecule has 0 saturated carbocycles. The van der Waals surface area contributed by atoms with Crippen molar-refractivity contribution in [3.8, 4) is 0 Å². The summed E-state index contributed by atoms with van der Waals surface area (Å²) in [6.07, 6.45) is 1.91. The van der Waals surface area contributed by atoms with Crippen LogP contribution in [0.1, 0.15) is 30.4 Å². The van der Waals surface area contributed by atoms with Crippen LogP contribution in [0, 0.1) is 13.8 Å². The summed E-state index contributed by atoms with van der Waals surface area (Å²) >= 11 is 0. The number of carbonyl (C=O) groups excluding carboxylic acids is 1. The second-order valence-electron chi connectivity index (χ2n) is 5.73. The van der Waals surface area contributed by atoms with Gasteiger partial charge in [0, 0.05) is 11.7 Å². The maximum absolute atomic E-state index is 12.1. The highest BCUT2D eigenvalue weighted by atomic mass is 16.4. The van der Waals surface area contributed by atoms with Crippen LogP contribution in [0.4, 0.5) is 5.69 Å². The minimum atomic E-state index is -0.804. The minimum Gasteiger partial charge on any atom is -0.481 e. The third-order valence-corrected chi connectivity index (χ3v) is 3.91. The molecule has 1 saturated heterocycles. The maximum Gasteiger partial charge on any atom is 0.304 e. The van der Waals surface area contributed by atoms with Crippen LogP contribution in [-0.4, -0.2) is 41.0 Å². The Hall–Kier alpha value is -1.88. The fourth-order valence-corrected chi connectivity index (χ4v) is 2.86. The highest BCUT2D eigenvalue weighted by Gasteiger charge is 2.28. The molecule has 1 aromatic rings. The normalized spacial score (nSPS) is 18.7. The molecule has 5 nitrogen and oxygen atoms in total. The van der Waals surface area contributed by atoms with E-state index in [4.69, 9.17) is 5.11 Å². The van der Waals surface area contributed by atoms with Crippen molar-refractivity contribution in [3.05, 3.63) is 29.3 Å². The predicted molar refractivity (Wildman–Crippen MR) is 81.4 cm³/mol. The van der Waals surface area contributed by atoms with Gasteiger partial charge < -0.3 is 10.4 Å². The first-order valence-corrected chi connectivity index (χ1v) is 7.28. The summed E-state index contributed by atoms with van der Waals surface area (Å²) < 4.78 is 0. The molecule has 5 heteroatoms. The first-order chi connectivity index (χ1) is 9.95. The van der Waals surface area contributed by atoms with E-state index in [9.17, 15) is 9.59 Å². The Morgan fingerprint density at radius 3 is 2.81 bits per heavy atom. The van der Waals surface area contributed by atoms with E-state index in [1.54, 1.807) is 0 Å². The number of anilines is 1. The smallest absolute Gasteiger partial charge is 0.304 e. The Kier molecular flexibility index (Phi) is 4.96. The van der Waals surface area contributed by atoms with Crippen LogP contribution in [0.25, 0.3) is 0 Å². The topological polar surface area (TPSA) is 69.6 Å².